The SMILES string of the molecule is c1ccc(-c2cc(-c3ccccc3)cc(N(c3ccccc3)c3cccc4c3c3ccccc3n4-c3cccc(-c4ccccn4)c3)c2)cc1.c1ccc(-c2ccc(-c3ccc(N(c4ccccc4)c4cccc5c4c4ccccc4n5-c4cccc(-c5ccccn5)c4)cc3)cc2)cc1.c1ccc(-c2ccc(N(c3ccc(-c4ccccc4)cc3)c3cccc4c3c3ccccc3n4-c3cccc(-c4ccccn4)c3)cc2)cc1. The molecule has 0 aliphatic heterocycles. The average molecular weight is 1920 g/mol. The van der Waals surface area contributed by atoms with Crippen LogP contribution in [0.5, 0.6) is 0 Å². The summed E-state index contributed by atoms with van der Waals surface area (Å²) >= 11 is 0. The molecule has 27 aromatic rings. The highest BCUT2D eigenvalue weighted by Crippen LogP contribution is 2.51. The lowest BCUT2D eigenvalue weighted by Gasteiger charge is -2.28. The molecule has 9 nitrogen and oxygen atoms in total. The number of pyridine rings is 3. The van der Waals surface area contributed by atoms with Crippen molar-refractivity contribution in [3.8, 4) is 118 Å². The van der Waals surface area contributed by atoms with E-state index in [1.807, 2.05) is 55.0 Å². The monoisotopic (exact) mass is 1920 g/mol. The molecule has 0 atom stereocenters. The van der Waals surface area contributed by atoms with Crippen LogP contribution >= 0.6 is 0 Å². The van der Waals surface area contributed by atoms with E-state index in [0.717, 1.165) is 135 Å². The van der Waals surface area contributed by atoms with Crippen molar-refractivity contribution in [3.05, 3.63) is 601 Å². The number of nitrogens with zero attached hydrogens (tertiary/aromatic N) is 9. The minimum atomic E-state index is 0.957. The van der Waals surface area contributed by atoms with E-state index in [2.05, 4.69) is 589 Å². The van der Waals surface area contributed by atoms with E-state index in [1.54, 1.807) is 0 Å². The Morgan fingerprint density at radius 3 is 0.627 bits per heavy atom. The molecule has 0 fully saturated rings. The summed E-state index contributed by atoms with van der Waals surface area (Å²) in [5, 5.41) is 7.21. The number of aromatic nitrogens is 6. The second kappa shape index (κ2) is 41.3. The minimum Gasteiger partial charge on any atom is -0.310 e. The third-order valence-electron chi connectivity index (χ3n) is 28.3. The number of benzene rings is 21. The van der Waals surface area contributed by atoms with Crippen LogP contribution in [-0.4, -0.2) is 28.7 Å². The fourth-order valence-electron chi connectivity index (χ4n) is 21.3. The van der Waals surface area contributed by atoms with Gasteiger partial charge >= 0.3 is 0 Å². The van der Waals surface area contributed by atoms with Crippen molar-refractivity contribution in [1.29, 1.82) is 0 Å². The van der Waals surface area contributed by atoms with Crippen LogP contribution in [0.25, 0.3) is 183 Å². The number of rotatable bonds is 21. The smallest absolute Gasteiger partial charge is 0.0702 e. The van der Waals surface area contributed by atoms with Gasteiger partial charge in [0.1, 0.15) is 0 Å². The summed E-state index contributed by atoms with van der Waals surface area (Å²) in [5.41, 5.74) is 40.6. The van der Waals surface area contributed by atoms with Gasteiger partial charge in [0.2, 0.25) is 0 Å². The lowest BCUT2D eigenvalue weighted by Crippen LogP contribution is -2.11. The van der Waals surface area contributed by atoms with E-state index < -0.39 is 0 Å². The molecule has 6 heterocycles. The van der Waals surface area contributed by atoms with Crippen LogP contribution < -0.4 is 14.7 Å². The molecule has 0 unspecified atom stereocenters. The first kappa shape index (κ1) is 91.1. The van der Waals surface area contributed by atoms with Gasteiger partial charge in [0.25, 0.3) is 0 Å². The van der Waals surface area contributed by atoms with Gasteiger partial charge in [-0.1, -0.05) is 376 Å². The predicted octanol–water partition coefficient (Wildman–Crippen LogP) is 37.9. The van der Waals surface area contributed by atoms with Crippen molar-refractivity contribution in [1.82, 2.24) is 28.7 Å². The first-order valence-electron chi connectivity index (χ1n) is 50.9. The van der Waals surface area contributed by atoms with Crippen LogP contribution in [0.1, 0.15) is 0 Å². The van der Waals surface area contributed by atoms with E-state index in [0.29, 0.717) is 0 Å². The van der Waals surface area contributed by atoms with Gasteiger partial charge in [-0.2, -0.15) is 0 Å². The van der Waals surface area contributed by atoms with Crippen molar-refractivity contribution in [2.45, 2.75) is 0 Å². The second-order valence-electron chi connectivity index (χ2n) is 37.4. The third kappa shape index (κ3) is 18.1. The molecule has 150 heavy (non-hydrogen) atoms. The Morgan fingerprint density at radius 2 is 0.347 bits per heavy atom. The summed E-state index contributed by atoms with van der Waals surface area (Å²) < 4.78 is 7.15. The average Bonchev–Trinajstić information content (AvgIpc) is 1.58. The minimum absolute atomic E-state index is 0.957. The Kier molecular flexibility index (Phi) is 25.1. The van der Waals surface area contributed by atoms with Crippen LogP contribution in [0, 0.1) is 0 Å². The molecule has 9 heteroatoms. The van der Waals surface area contributed by atoms with Crippen LogP contribution in [0.15, 0.2) is 601 Å². The highest BCUT2D eigenvalue weighted by atomic mass is 15.2. The lowest BCUT2D eigenvalue weighted by atomic mass is 9.97. The molecule has 0 amide bonds. The third-order valence-corrected chi connectivity index (χ3v) is 28.3. The van der Waals surface area contributed by atoms with Crippen molar-refractivity contribution in [3.63, 3.8) is 0 Å². The molecule has 6 aromatic heterocycles. The number of hydrogen-bond acceptors (Lipinski definition) is 6. The molecular weight excluding hydrogens is 1820 g/mol. The molecule has 708 valence electrons. The summed E-state index contributed by atoms with van der Waals surface area (Å²) in [6.45, 7) is 0. The van der Waals surface area contributed by atoms with E-state index in [1.165, 1.54) is 99.1 Å². The van der Waals surface area contributed by atoms with Crippen molar-refractivity contribution in [2.75, 3.05) is 14.7 Å². The van der Waals surface area contributed by atoms with Gasteiger partial charge < -0.3 is 28.4 Å². The fraction of sp³-hybridized carbons (Fsp3) is 0. The Labute approximate surface area is 872 Å². The van der Waals surface area contributed by atoms with Crippen LogP contribution in [0.2, 0.25) is 0 Å². The normalized spacial score (nSPS) is 11.2. The van der Waals surface area contributed by atoms with Gasteiger partial charge in [-0.15, -0.1) is 0 Å². The fourth-order valence-corrected chi connectivity index (χ4v) is 21.3. The number of fused-ring (bicyclic) bond motifs is 9. The zero-order valence-electron chi connectivity index (χ0n) is 82.2. The predicted molar refractivity (Wildman–Crippen MR) is 629 cm³/mol. The Hall–Kier alpha value is -20.1. The van der Waals surface area contributed by atoms with E-state index >= 15 is 0 Å². The van der Waals surface area contributed by atoms with Gasteiger partial charge in [0.05, 0.1) is 67.2 Å². The summed E-state index contributed by atoms with van der Waals surface area (Å²) in [6.07, 6.45) is 5.55. The van der Waals surface area contributed by atoms with Gasteiger partial charge in [0, 0.05) is 119 Å². The Morgan fingerprint density at radius 1 is 0.133 bits per heavy atom. The molecule has 0 saturated carbocycles. The molecular formula is C141H99N9. The van der Waals surface area contributed by atoms with Crippen LogP contribution in [0.4, 0.5) is 51.2 Å². The van der Waals surface area contributed by atoms with Gasteiger partial charge in [-0.3, -0.25) is 15.0 Å². The molecule has 0 aliphatic carbocycles. The molecule has 0 aliphatic rings. The standard InChI is InChI=1S/3C47H33N3/c1-4-16-34(17-5-1)37-30-38(35-18-6-2-7-19-35)33-41(32-37)49(39-21-8-3-9-22-39)45-27-15-28-46-47(45)42-24-10-11-26-44(42)50(46)40-23-14-20-36(31-40)43-25-12-13-29-48-43;1-3-13-34(14-4-1)35-24-26-36(27-25-35)37-28-30-40(31-29-37)49(39-16-5-2-6-17-39)45-22-12-23-46-47(45)42-19-7-8-21-44(42)50(46)41-18-11-15-38(33-41)43-20-9-10-32-48-43;1-3-13-34(14-4-1)36-24-28-39(29-25-36)49(40-30-26-37(27-31-40)35-15-5-2-6-16-35)45-22-12-23-46-47(45)42-19-7-8-21-44(42)50(46)41-18-11-17-38(33-41)43-20-9-10-32-48-43/h3*1-33H. The Bertz CT molecular complexity index is 9290. The maximum absolute atomic E-state index is 4.64. The van der Waals surface area contributed by atoms with Gasteiger partial charge in [-0.25, -0.2) is 0 Å². The summed E-state index contributed by atoms with van der Waals surface area (Å²) in [4.78, 5) is 21.1. The highest BCUT2D eigenvalue weighted by molar-refractivity contribution is 6.20. The van der Waals surface area contributed by atoms with E-state index in [9.17, 15) is 0 Å². The molecule has 0 spiro atoms. The maximum Gasteiger partial charge on any atom is 0.0702 e. The lowest BCUT2D eigenvalue weighted by molar-refractivity contribution is 1.18. The first-order valence-corrected chi connectivity index (χ1v) is 50.9. The summed E-state index contributed by atoms with van der Waals surface area (Å²) in [7, 11) is 0. The second-order valence-corrected chi connectivity index (χ2v) is 37.4. The zero-order valence-corrected chi connectivity index (χ0v) is 82.2. The van der Waals surface area contributed by atoms with Gasteiger partial charge in [0.15, 0.2) is 0 Å². The topological polar surface area (TPSA) is 63.2 Å². The summed E-state index contributed by atoms with van der Waals surface area (Å²) in [5.74, 6) is 0. The van der Waals surface area contributed by atoms with E-state index in [4.69, 9.17) is 0 Å². The number of hydrogen-bond donors (Lipinski definition) is 0. The molecule has 0 N–H and O–H groups in total. The first-order chi connectivity index (χ1) is 74.4. The maximum atomic E-state index is 4.64. The molecule has 27 rings (SSSR count). The van der Waals surface area contributed by atoms with Crippen LogP contribution in [0.3, 0.4) is 0 Å². The molecule has 0 saturated heterocycles. The number of anilines is 9. The van der Waals surface area contributed by atoms with Crippen molar-refractivity contribution >= 4 is 117 Å². The quantitative estimate of drug-likeness (QED) is 0.0714. The summed E-state index contributed by atoms with van der Waals surface area (Å²) in [6, 6.07) is 207. The molecule has 21 aromatic carbocycles. The van der Waals surface area contributed by atoms with E-state index in [-0.39, 0.29) is 0 Å². The largest absolute Gasteiger partial charge is 0.310 e. The number of para-hydroxylation sites is 5. The zero-order chi connectivity index (χ0) is 99.8. The van der Waals surface area contributed by atoms with Crippen molar-refractivity contribution < 1.29 is 0 Å². The van der Waals surface area contributed by atoms with Crippen molar-refractivity contribution in [2.24, 2.45) is 0 Å². The highest BCUT2D eigenvalue weighted by Gasteiger charge is 2.28. The Balaban J connectivity index is 0.000000116. The molecule has 0 radical (unpaired) electrons. The van der Waals surface area contributed by atoms with Gasteiger partial charge in [-0.05, 0) is 273 Å². The van der Waals surface area contributed by atoms with Crippen LogP contribution in [-0.2, 0) is 0 Å². The molecule has 0 bridgehead atoms.